The normalized spacial score (nSPS) is 18.7. The number of rotatable bonds is 2. The summed E-state index contributed by atoms with van der Waals surface area (Å²) in [6, 6.07) is 6.70. The van der Waals surface area contributed by atoms with Crippen LogP contribution in [-0.2, 0) is 9.53 Å². The van der Waals surface area contributed by atoms with E-state index in [1.54, 1.807) is 17.0 Å². The Labute approximate surface area is 133 Å². The van der Waals surface area contributed by atoms with Crippen LogP contribution in [0.3, 0.4) is 0 Å². The van der Waals surface area contributed by atoms with Crippen molar-refractivity contribution in [2.45, 2.75) is 45.3 Å². The lowest BCUT2D eigenvalue weighted by Crippen LogP contribution is -2.43. The molecule has 0 spiro atoms. The van der Waals surface area contributed by atoms with Gasteiger partial charge >= 0.3 is 5.97 Å². The first-order chi connectivity index (χ1) is 9.78. The number of halogens is 1. The molecule has 1 heterocycles. The van der Waals surface area contributed by atoms with Crippen molar-refractivity contribution in [1.29, 1.82) is 0 Å². The minimum Gasteiger partial charge on any atom is -0.458 e. The molecule has 1 aliphatic heterocycles. The maximum Gasteiger partial charge on any atom is 0.329 e. The number of ether oxygens (including phenoxy) is 1. The van der Waals surface area contributed by atoms with Crippen molar-refractivity contribution in [1.82, 2.24) is 4.90 Å². The zero-order valence-electron chi connectivity index (χ0n) is 12.6. The van der Waals surface area contributed by atoms with E-state index in [0.717, 1.165) is 10.9 Å². The van der Waals surface area contributed by atoms with Gasteiger partial charge in [-0.15, -0.1) is 0 Å². The zero-order chi connectivity index (χ0) is 15.6. The van der Waals surface area contributed by atoms with Crippen LogP contribution in [0.25, 0.3) is 0 Å². The monoisotopic (exact) mass is 353 g/mol. The Balaban J connectivity index is 2.13. The van der Waals surface area contributed by atoms with Crippen LogP contribution in [-0.4, -0.2) is 35.0 Å². The molecule has 1 aromatic carbocycles. The maximum atomic E-state index is 12.5. The fraction of sp³-hybridized carbons (Fsp3) is 0.500. The van der Waals surface area contributed by atoms with Gasteiger partial charge in [0.1, 0.15) is 11.6 Å². The van der Waals surface area contributed by atoms with E-state index in [1.807, 2.05) is 32.9 Å². The van der Waals surface area contributed by atoms with E-state index in [9.17, 15) is 9.59 Å². The Morgan fingerprint density at radius 2 is 1.86 bits per heavy atom. The number of hydrogen-bond donors (Lipinski definition) is 0. The first kappa shape index (κ1) is 16.0. The van der Waals surface area contributed by atoms with Crippen molar-refractivity contribution < 1.29 is 14.3 Å². The van der Waals surface area contributed by atoms with Gasteiger partial charge in [0.2, 0.25) is 0 Å². The molecular formula is C16H20BrNO3. The highest BCUT2D eigenvalue weighted by Crippen LogP contribution is 2.23. The molecule has 1 aromatic rings. The third-order valence-corrected chi connectivity index (χ3v) is 3.81. The van der Waals surface area contributed by atoms with Crippen LogP contribution in [0, 0.1) is 0 Å². The largest absolute Gasteiger partial charge is 0.458 e. The highest BCUT2D eigenvalue weighted by atomic mass is 79.9. The zero-order valence-corrected chi connectivity index (χ0v) is 14.1. The SMILES string of the molecule is CC(C)(C)OC(=O)[C@H]1CCCN1C(=O)c1ccc(Br)cc1. The van der Waals surface area contributed by atoms with Gasteiger partial charge in [-0.05, 0) is 57.9 Å². The number of likely N-dealkylation sites (tertiary alicyclic amines) is 1. The van der Waals surface area contributed by atoms with Crippen molar-refractivity contribution in [2.24, 2.45) is 0 Å². The summed E-state index contributed by atoms with van der Waals surface area (Å²) in [5.74, 6) is -0.429. The molecule has 2 rings (SSSR count). The van der Waals surface area contributed by atoms with Crippen LogP contribution in [0.4, 0.5) is 0 Å². The molecule has 0 unspecified atom stereocenters. The third-order valence-electron chi connectivity index (χ3n) is 3.28. The van der Waals surface area contributed by atoms with E-state index in [1.165, 1.54) is 0 Å². The lowest BCUT2D eigenvalue weighted by Gasteiger charge is -2.27. The second-order valence-corrected chi connectivity index (χ2v) is 7.11. The number of carbonyl (C=O) groups excluding carboxylic acids is 2. The van der Waals surface area contributed by atoms with Gasteiger partial charge in [0.05, 0.1) is 0 Å². The van der Waals surface area contributed by atoms with Gasteiger partial charge in [-0.1, -0.05) is 15.9 Å². The van der Waals surface area contributed by atoms with Crippen LogP contribution in [0.2, 0.25) is 0 Å². The summed E-state index contributed by atoms with van der Waals surface area (Å²) in [6.45, 7) is 6.10. The van der Waals surface area contributed by atoms with Crippen LogP contribution in [0.1, 0.15) is 44.0 Å². The smallest absolute Gasteiger partial charge is 0.329 e. The predicted octanol–water partition coefficient (Wildman–Crippen LogP) is 3.40. The highest BCUT2D eigenvalue weighted by Gasteiger charge is 2.37. The fourth-order valence-electron chi connectivity index (χ4n) is 2.38. The molecule has 114 valence electrons. The van der Waals surface area contributed by atoms with Crippen molar-refractivity contribution in [3.8, 4) is 0 Å². The van der Waals surface area contributed by atoms with Crippen molar-refractivity contribution in [3.05, 3.63) is 34.3 Å². The molecule has 5 heteroatoms. The van der Waals surface area contributed by atoms with E-state index in [4.69, 9.17) is 4.74 Å². The summed E-state index contributed by atoms with van der Waals surface area (Å²) in [5, 5.41) is 0. The fourth-order valence-corrected chi connectivity index (χ4v) is 2.65. The molecule has 0 radical (unpaired) electrons. The highest BCUT2D eigenvalue weighted by molar-refractivity contribution is 9.10. The van der Waals surface area contributed by atoms with Crippen LogP contribution < -0.4 is 0 Å². The predicted molar refractivity (Wildman–Crippen MR) is 84.0 cm³/mol. The van der Waals surface area contributed by atoms with Crippen LogP contribution in [0.15, 0.2) is 28.7 Å². The number of amides is 1. The molecule has 0 saturated carbocycles. The van der Waals surface area contributed by atoms with E-state index in [2.05, 4.69) is 15.9 Å². The maximum absolute atomic E-state index is 12.5. The van der Waals surface area contributed by atoms with Gasteiger partial charge in [-0.25, -0.2) is 4.79 Å². The molecule has 0 N–H and O–H groups in total. The molecule has 1 saturated heterocycles. The molecule has 0 bridgehead atoms. The first-order valence-electron chi connectivity index (χ1n) is 7.07. The first-order valence-corrected chi connectivity index (χ1v) is 7.86. The molecule has 1 amide bonds. The summed E-state index contributed by atoms with van der Waals surface area (Å²) in [6.07, 6.45) is 1.49. The van der Waals surface area contributed by atoms with E-state index >= 15 is 0 Å². The molecule has 4 nitrogen and oxygen atoms in total. The molecule has 1 fully saturated rings. The van der Waals surface area contributed by atoms with Crippen molar-refractivity contribution in [2.75, 3.05) is 6.54 Å². The van der Waals surface area contributed by atoms with Crippen LogP contribution in [0.5, 0.6) is 0 Å². The molecule has 0 aliphatic carbocycles. The Bertz CT molecular complexity index is 533. The van der Waals surface area contributed by atoms with E-state index in [-0.39, 0.29) is 11.9 Å². The number of nitrogens with zero attached hydrogens (tertiary/aromatic N) is 1. The quantitative estimate of drug-likeness (QED) is 0.765. The number of benzene rings is 1. The molecule has 0 aromatic heterocycles. The number of esters is 1. The van der Waals surface area contributed by atoms with Gasteiger partial charge in [0.25, 0.3) is 5.91 Å². The minimum atomic E-state index is -0.536. The Morgan fingerprint density at radius 3 is 2.43 bits per heavy atom. The van der Waals surface area contributed by atoms with E-state index < -0.39 is 11.6 Å². The molecule has 1 aliphatic rings. The summed E-state index contributed by atoms with van der Waals surface area (Å²) >= 11 is 3.35. The topological polar surface area (TPSA) is 46.6 Å². The summed E-state index contributed by atoms with van der Waals surface area (Å²) in [7, 11) is 0. The van der Waals surface area contributed by atoms with Gasteiger partial charge in [0, 0.05) is 16.6 Å². The lowest BCUT2D eigenvalue weighted by molar-refractivity contribution is -0.159. The second-order valence-electron chi connectivity index (χ2n) is 6.20. The summed E-state index contributed by atoms with van der Waals surface area (Å²) in [5.41, 5.74) is 0.0556. The average molecular weight is 354 g/mol. The summed E-state index contributed by atoms with van der Waals surface area (Å²) in [4.78, 5) is 26.4. The lowest BCUT2D eigenvalue weighted by atomic mass is 10.1. The molecular weight excluding hydrogens is 334 g/mol. The average Bonchev–Trinajstić information content (AvgIpc) is 2.86. The number of carbonyl (C=O) groups is 2. The van der Waals surface area contributed by atoms with Gasteiger partial charge in [0.15, 0.2) is 0 Å². The van der Waals surface area contributed by atoms with E-state index in [0.29, 0.717) is 18.5 Å². The van der Waals surface area contributed by atoms with Gasteiger partial charge in [-0.2, -0.15) is 0 Å². The Kier molecular flexibility index (Phi) is 4.71. The third kappa shape index (κ3) is 4.06. The Morgan fingerprint density at radius 1 is 1.24 bits per heavy atom. The minimum absolute atomic E-state index is 0.115. The standard InChI is InChI=1S/C16H20BrNO3/c1-16(2,3)21-15(20)13-5-4-10-18(13)14(19)11-6-8-12(17)9-7-11/h6-9,13H,4-5,10H2,1-3H3/t13-/m1/s1. The van der Waals surface area contributed by atoms with Gasteiger partial charge < -0.3 is 9.64 Å². The van der Waals surface area contributed by atoms with Gasteiger partial charge in [-0.3, -0.25) is 4.79 Å². The second kappa shape index (κ2) is 6.18. The van der Waals surface area contributed by atoms with Crippen LogP contribution >= 0.6 is 15.9 Å². The molecule has 21 heavy (non-hydrogen) atoms. The van der Waals surface area contributed by atoms with Crippen molar-refractivity contribution >= 4 is 27.8 Å². The molecule has 1 atom stereocenters. The summed E-state index contributed by atoms with van der Waals surface area (Å²) < 4.78 is 6.34. The Hall–Kier alpha value is -1.36. The van der Waals surface area contributed by atoms with Crippen molar-refractivity contribution in [3.63, 3.8) is 0 Å². The number of hydrogen-bond acceptors (Lipinski definition) is 3.